The maximum absolute atomic E-state index is 12.0. The van der Waals surface area contributed by atoms with Crippen molar-refractivity contribution in [2.24, 2.45) is 11.3 Å². The molecular weight excluding hydrogens is 212 g/mol. The summed E-state index contributed by atoms with van der Waals surface area (Å²) in [5, 5.41) is 12.4. The van der Waals surface area contributed by atoms with Gasteiger partial charge in [-0.2, -0.15) is 5.26 Å². The summed E-state index contributed by atoms with van der Waals surface area (Å²) in [5.41, 5.74) is 0.565. The van der Waals surface area contributed by atoms with Crippen LogP contribution in [0.1, 0.15) is 20.3 Å². The van der Waals surface area contributed by atoms with E-state index in [2.05, 4.69) is 11.4 Å². The molecule has 0 aliphatic heterocycles. The van der Waals surface area contributed by atoms with E-state index in [0.29, 0.717) is 6.42 Å². The zero-order valence-corrected chi connectivity index (χ0v) is 10.1. The number of ketones is 1. The smallest absolute Gasteiger partial charge is 0.157 e. The average molecular weight is 228 g/mol. The van der Waals surface area contributed by atoms with Gasteiger partial charge in [-0.25, -0.2) is 0 Å². The van der Waals surface area contributed by atoms with Crippen LogP contribution >= 0.6 is 0 Å². The number of carbonyl (C=O) groups is 1. The van der Waals surface area contributed by atoms with Gasteiger partial charge >= 0.3 is 0 Å². The fourth-order valence-electron chi connectivity index (χ4n) is 2.40. The minimum atomic E-state index is -0.537. The van der Waals surface area contributed by atoms with E-state index in [9.17, 15) is 4.79 Å². The Morgan fingerprint density at radius 3 is 2.59 bits per heavy atom. The molecule has 1 aromatic carbocycles. The molecule has 2 rings (SSSR count). The van der Waals surface area contributed by atoms with Crippen molar-refractivity contribution in [1.82, 2.24) is 0 Å². The van der Waals surface area contributed by atoms with Gasteiger partial charge in [-0.05, 0) is 18.6 Å². The third-order valence-electron chi connectivity index (χ3n) is 3.35. The number of para-hydroxylation sites is 1. The summed E-state index contributed by atoms with van der Waals surface area (Å²) in [6, 6.07) is 11.8. The molecule has 0 radical (unpaired) electrons. The van der Waals surface area contributed by atoms with E-state index >= 15 is 0 Å². The lowest BCUT2D eigenvalue weighted by Crippen LogP contribution is -2.26. The van der Waals surface area contributed by atoms with Crippen LogP contribution in [0.15, 0.2) is 30.3 Å². The van der Waals surface area contributed by atoms with E-state index in [1.807, 2.05) is 44.2 Å². The summed E-state index contributed by atoms with van der Waals surface area (Å²) in [5.74, 6) is -0.487. The first kappa shape index (κ1) is 11.7. The normalized spacial score (nSPS) is 26.5. The summed E-state index contributed by atoms with van der Waals surface area (Å²) < 4.78 is 0. The van der Waals surface area contributed by atoms with E-state index in [-0.39, 0.29) is 11.8 Å². The molecule has 0 heterocycles. The molecule has 3 heteroatoms. The molecule has 0 bridgehead atoms. The highest BCUT2D eigenvalue weighted by Crippen LogP contribution is 2.38. The zero-order valence-electron chi connectivity index (χ0n) is 10.1. The number of nitrogens with zero attached hydrogens (tertiary/aromatic N) is 1. The summed E-state index contributed by atoms with van der Waals surface area (Å²) in [6.45, 7) is 3.82. The Bertz CT molecular complexity index is 459. The number of hydrogen-bond donors (Lipinski definition) is 1. The van der Waals surface area contributed by atoms with Gasteiger partial charge in [0, 0.05) is 17.1 Å². The fraction of sp³-hybridized carbons (Fsp3) is 0.429. The SMILES string of the molecule is CC1(C)C[C@@H](Nc2ccccc2)[C@H](C#N)C1=O. The van der Waals surface area contributed by atoms with Gasteiger partial charge in [-0.15, -0.1) is 0 Å². The lowest BCUT2D eigenvalue weighted by Gasteiger charge is -2.17. The van der Waals surface area contributed by atoms with Gasteiger partial charge in [-0.1, -0.05) is 32.0 Å². The molecule has 1 aromatic rings. The molecule has 1 N–H and O–H groups in total. The van der Waals surface area contributed by atoms with Crippen LogP contribution in [0, 0.1) is 22.7 Å². The van der Waals surface area contributed by atoms with Crippen LogP contribution < -0.4 is 5.32 Å². The molecule has 1 aliphatic rings. The lowest BCUT2D eigenvalue weighted by atomic mass is 9.89. The van der Waals surface area contributed by atoms with Crippen molar-refractivity contribution >= 4 is 11.5 Å². The topological polar surface area (TPSA) is 52.9 Å². The second-order valence-electron chi connectivity index (χ2n) is 5.18. The second-order valence-corrected chi connectivity index (χ2v) is 5.18. The zero-order chi connectivity index (χ0) is 12.5. The van der Waals surface area contributed by atoms with Crippen LogP contribution in [0.5, 0.6) is 0 Å². The highest BCUT2D eigenvalue weighted by Gasteiger charge is 2.47. The highest BCUT2D eigenvalue weighted by molar-refractivity contribution is 5.92. The summed E-state index contributed by atoms with van der Waals surface area (Å²) in [7, 11) is 0. The van der Waals surface area contributed by atoms with E-state index < -0.39 is 11.3 Å². The Kier molecular flexibility index (Phi) is 2.89. The van der Waals surface area contributed by atoms with Crippen LogP contribution in [-0.2, 0) is 4.79 Å². The summed E-state index contributed by atoms with van der Waals surface area (Å²) in [6.07, 6.45) is 0.707. The van der Waals surface area contributed by atoms with Crippen molar-refractivity contribution in [3.8, 4) is 6.07 Å². The largest absolute Gasteiger partial charge is 0.380 e. The van der Waals surface area contributed by atoms with Crippen LogP contribution in [0.25, 0.3) is 0 Å². The number of Topliss-reactive ketones (excluding diaryl/α,β-unsaturated/α-hetero) is 1. The number of rotatable bonds is 2. The molecule has 2 atom stereocenters. The first-order valence-electron chi connectivity index (χ1n) is 5.80. The predicted molar refractivity (Wildman–Crippen MR) is 66.4 cm³/mol. The Labute approximate surface area is 101 Å². The van der Waals surface area contributed by atoms with Crippen LogP contribution in [0.3, 0.4) is 0 Å². The second kappa shape index (κ2) is 4.21. The van der Waals surface area contributed by atoms with E-state index in [1.54, 1.807) is 0 Å². The van der Waals surface area contributed by atoms with Crippen LogP contribution in [-0.4, -0.2) is 11.8 Å². The molecule has 1 saturated carbocycles. The molecular formula is C14H16N2O. The maximum Gasteiger partial charge on any atom is 0.157 e. The molecule has 1 fully saturated rings. The first-order valence-corrected chi connectivity index (χ1v) is 5.80. The van der Waals surface area contributed by atoms with Gasteiger partial charge in [0.15, 0.2) is 5.78 Å². The van der Waals surface area contributed by atoms with Gasteiger partial charge in [0.05, 0.1) is 6.07 Å². The lowest BCUT2D eigenvalue weighted by molar-refractivity contribution is -0.126. The summed E-state index contributed by atoms with van der Waals surface area (Å²) in [4.78, 5) is 12.0. The first-order chi connectivity index (χ1) is 8.04. The van der Waals surface area contributed by atoms with Crippen molar-refractivity contribution in [2.45, 2.75) is 26.3 Å². The van der Waals surface area contributed by atoms with Gasteiger partial charge in [-0.3, -0.25) is 4.79 Å². The third kappa shape index (κ3) is 2.16. The average Bonchev–Trinajstić information content (AvgIpc) is 2.51. The third-order valence-corrected chi connectivity index (χ3v) is 3.35. The molecule has 3 nitrogen and oxygen atoms in total. The highest BCUT2D eigenvalue weighted by atomic mass is 16.1. The standard InChI is InChI=1S/C14H16N2O/c1-14(2)8-12(11(9-15)13(14)17)16-10-6-4-3-5-7-10/h3-7,11-12,16H,8H2,1-2H3/t11-,12+/m0/s1. The number of benzene rings is 1. The molecule has 0 aromatic heterocycles. The van der Waals surface area contributed by atoms with Crippen molar-refractivity contribution in [3.05, 3.63) is 30.3 Å². The van der Waals surface area contributed by atoms with Crippen molar-refractivity contribution in [1.29, 1.82) is 5.26 Å². The maximum atomic E-state index is 12.0. The van der Waals surface area contributed by atoms with Crippen molar-refractivity contribution in [3.63, 3.8) is 0 Å². The number of hydrogen-bond acceptors (Lipinski definition) is 3. The predicted octanol–water partition coefficient (Wildman–Crippen LogP) is 2.61. The molecule has 17 heavy (non-hydrogen) atoms. The fourth-order valence-corrected chi connectivity index (χ4v) is 2.40. The molecule has 88 valence electrons. The molecule has 0 spiro atoms. The van der Waals surface area contributed by atoms with Crippen molar-refractivity contribution in [2.75, 3.05) is 5.32 Å². The Morgan fingerprint density at radius 2 is 2.00 bits per heavy atom. The van der Waals surface area contributed by atoms with Gasteiger partial charge in [0.25, 0.3) is 0 Å². The minimum Gasteiger partial charge on any atom is -0.380 e. The van der Waals surface area contributed by atoms with E-state index in [1.165, 1.54) is 0 Å². The summed E-state index contributed by atoms with van der Waals surface area (Å²) >= 11 is 0. The minimum absolute atomic E-state index is 0.0495. The number of nitrogens with one attached hydrogen (secondary N) is 1. The van der Waals surface area contributed by atoms with Gasteiger partial charge < -0.3 is 5.32 Å². The van der Waals surface area contributed by atoms with Gasteiger partial charge in [0.1, 0.15) is 5.92 Å². The monoisotopic (exact) mass is 228 g/mol. The number of carbonyl (C=O) groups excluding carboxylic acids is 1. The molecule has 0 unspecified atom stereocenters. The van der Waals surface area contributed by atoms with Crippen LogP contribution in [0.4, 0.5) is 5.69 Å². The van der Waals surface area contributed by atoms with Gasteiger partial charge in [0.2, 0.25) is 0 Å². The number of nitriles is 1. The Hall–Kier alpha value is -1.82. The molecule has 0 amide bonds. The molecule has 0 saturated heterocycles. The number of anilines is 1. The van der Waals surface area contributed by atoms with Crippen LogP contribution in [0.2, 0.25) is 0 Å². The Balaban J connectivity index is 2.18. The quantitative estimate of drug-likeness (QED) is 0.846. The van der Waals surface area contributed by atoms with E-state index in [0.717, 1.165) is 5.69 Å². The Morgan fingerprint density at radius 1 is 1.35 bits per heavy atom. The van der Waals surface area contributed by atoms with Crippen molar-refractivity contribution < 1.29 is 4.79 Å². The van der Waals surface area contributed by atoms with E-state index in [4.69, 9.17) is 5.26 Å². The molecule has 1 aliphatic carbocycles.